The van der Waals surface area contributed by atoms with Gasteiger partial charge in [-0.2, -0.15) is 0 Å². The summed E-state index contributed by atoms with van der Waals surface area (Å²) in [6, 6.07) is 5.26. The number of amides is 3. The van der Waals surface area contributed by atoms with E-state index in [1.54, 1.807) is 11.0 Å². The first-order valence-corrected chi connectivity index (χ1v) is 6.35. The van der Waals surface area contributed by atoms with Crippen LogP contribution in [0.2, 0.25) is 0 Å². The first-order valence-electron chi connectivity index (χ1n) is 6.35. The first-order chi connectivity index (χ1) is 9.54. The zero-order chi connectivity index (χ0) is 14.5. The van der Waals surface area contributed by atoms with Gasteiger partial charge < -0.3 is 20.6 Å². The van der Waals surface area contributed by atoms with Crippen LogP contribution in [0.3, 0.4) is 0 Å². The fourth-order valence-electron chi connectivity index (χ4n) is 2.17. The number of carbonyl (C=O) groups excluding carboxylic acids is 1. The second-order valence-corrected chi connectivity index (χ2v) is 4.65. The average molecular weight is 281 g/mol. The Morgan fingerprint density at radius 2 is 2.00 bits per heavy atom. The van der Waals surface area contributed by atoms with Gasteiger partial charge in [-0.1, -0.05) is 6.07 Å². The largest absolute Gasteiger partial charge is 0.465 e. The minimum absolute atomic E-state index is 0.120. The summed E-state index contributed by atoms with van der Waals surface area (Å²) in [5, 5.41) is 13.6. The highest BCUT2D eigenvalue weighted by Gasteiger charge is 2.23. The number of benzene rings is 1. The van der Waals surface area contributed by atoms with Gasteiger partial charge >= 0.3 is 12.1 Å². The van der Waals surface area contributed by atoms with Gasteiger partial charge in [-0.05, 0) is 31.0 Å². The number of hydrogen-bond donors (Lipinski definition) is 3. The SMILES string of the molecule is O=C(O)NC1CCN(C(=O)Nc2cccc(F)c2)CC1. The van der Waals surface area contributed by atoms with Crippen molar-refractivity contribution < 1.29 is 19.1 Å². The van der Waals surface area contributed by atoms with Gasteiger partial charge in [-0.15, -0.1) is 0 Å². The van der Waals surface area contributed by atoms with E-state index in [2.05, 4.69) is 10.6 Å². The van der Waals surface area contributed by atoms with E-state index in [0.717, 1.165) is 0 Å². The molecule has 0 aliphatic carbocycles. The zero-order valence-electron chi connectivity index (χ0n) is 10.8. The van der Waals surface area contributed by atoms with Crippen LogP contribution in [0.15, 0.2) is 24.3 Å². The Bertz CT molecular complexity index is 501. The number of anilines is 1. The Balaban J connectivity index is 1.84. The second-order valence-electron chi connectivity index (χ2n) is 4.65. The molecule has 1 aromatic rings. The fourth-order valence-corrected chi connectivity index (χ4v) is 2.17. The smallest absolute Gasteiger partial charge is 0.404 e. The quantitative estimate of drug-likeness (QED) is 0.776. The number of nitrogens with one attached hydrogen (secondary N) is 2. The van der Waals surface area contributed by atoms with Gasteiger partial charge in [0.25, 0.3) is 0 Å². The number of hydrogen-bond acceptors (Lipinski definition) is 2. The Kier molecular flexibility index (Phi) is 4.39. The van der Waals surface area contributed by atoms with Crippen LogP contribution in [-0.2, 0) is 0 Å². The highest BCUT2D eigenvalue weighted by Crippen LogP contribution is 2.14. The molecule has 1 aliphatic heterocycles. The van der Waals surface area contributed by atoms with E-state index in [4.69, 9.17) is 5.11 Å². The van der Waals surface area contributed by atoms with Crippen molar-refractivity contribution in [3.63, 3.8) is 0 Å². The monoisotopic (exact) mass is 281 g/mol. The third-order valence-electron chi connectivity index (χ3n) is 3.19. The van der Waals surface area contributed by atoms with Gasteiger partial charge in [0.05, 0.1) is 0 Å². The molecule has 0 saturated carbocycles. The Morgan fingerprint density at radius 1 is 1.30 bits per heavy atom. The summed E-state index contributed by atoms with van der Waals surface area (Å²) in [7, 11) is 0. The maximum Gasteiger partial charge on any atom is 0.404 e. The molecule has 0 atom stereocenters. The number of piperidine rings is 1. The maximum atomic E-state index is 13.0. The van der Waals surface area contributed by atoms with Crippen molar-refractivity contribution in [3.8, 4) is 0 Å². The van der Waals surface area contributed by atoms with E-state index in [1.807, 2.05) is 0 Å². The van der Waals surface area contributed by atoms with Gasteiger partial charge in [0.1, 0.15) is 5.82 Å². The Morgan fingerprint density at radius 3 is 2.60 bits per heavy atom. The molecule has 0 spiro atoms. The number of rotatable bonds is 2. The summed E-state index contributed by atoms with van der Waals surface area (Å²) < 4.78 is 13.0. The third kappa shape index (κ3) is 3.84. The van der Waals surface area contributed by atoms with Crippen molar-refractivity contribution in [2.75, 3.05) is 18.4 Å². The van der Waals surface area contributed by atoms with Crippen LogP contribution in [0.1, 0.15) is 12.8 Å². The number of carboxylic acid groups (broad SMARTS) is 1. The van der Waals surface area contributed by atoms with Crippen LogP contribution in [0.25, 0.3) is 0 Å². The molecule has 108 valence electrons. The number of likely N-dealkylation sites (tertiary alicyclic amines) is 1. The van der Waals surface area contributed by atoms with Gasteiger partial charge in [0.2, 0.25) is 0 Å². The highest BCUT2D eigenvalue weighted by atomic mass is 19.1. The number of nitrogens with zero attached hydrogens (tertiary/aromatic N) is 1. The van der Waals surface area contributed by atoms with E-state index in [1.165, 1.54) is 18.2 Å². The summed E-state index contributed by atoms with van der Waals surface area (Å²) in [5.74, 6) is -0.410. The molecule has 6 nitrogen and oxygen atoms in total. The van der Waals surface area contributed by atoms with Crippen LogP contribution in [0.5, 0.6) is 0 Å². The highest BCUT2D eigenvalue weighted by molar-refractivity contribution is 5.89. The number of urea groups is 1. The third-order valence-corrected chi connectivity index (χ3v) is 3.19. The lowest BCUT2D eigenvalue weighted by Crippen LogP contribution is -2.47. The molecule has 0 radical (unpaired) electrons. The topological polar surface area (TPSA) is 81.7 Å². The van der Waals surface area contributed by atoms with Crippen LogP contribution in [-0.4, -0.2) is 41.3 Å². The molecule has 0 unspecified atom stereocenters. The molecule has 1 heterocycles. The molecule has 0 aromatic heterocycles. The summed E-state index contributed by atoms with van der Waals surface area (Å²) in [5.41, 5.74) is 0.404. The Hall–Kier alpha value is -2.31. The molecule has 1 saturated heterocycles. The van der Waals surface area contributed by atoms with Crippen LogP contribution >= 0.6 is 0 Å². The molecule has 2 rings (SSSR count). The predicted molar refractivity (Wildman–Crippen MR) is 71.2 cm³/mol. The van der Waals surface area contributed by atoms with Gasteiger partial charge in [-0.25, -0.2) is 14.0 Å². The summed E-state index contributed by atoms with van der Waals surface area (Å²) in [6.07, 6.45) is 0.0961. The van der Waals surface area contributed by atoms with E-state index < -0.39 is 11.9 Å². The molecule has 0 bridgehead atoms. The van der Waals surface area contributed by atoms with Crippen LogP contribution in [0.4, 0.5) is 19.7 Å². The van der Waals surface area contributed by atoms with Gasteiger partial charge in [0, 0.05) is 24.8 Å². The summed E-state index contributed by atoms with van der Waals surface area (Å²) >= 11 is 0. The molecule has 20 heavy (non-hydrogen) atoms. The van der Waals surface area contributed by atoms with Crippen molar-refractivity contribution in [2.45, 2.75) is 18.9 Å². The Labute approximate surface area is 115 Å². The van der Waals surface area contributed by atoms with Crippen LogP contribution < -0.4 is 10.6 Å². The summed E-state index contributed by atoms with van der Waals surface area (Å²) in [4.78, 5) is 24.1. The van der Waals surface area contributed by atoms with Crippen LogP contribution in [0, 0.1) is 5.82 Å². The fraction of sp³-hybridized carbons (Fsp3) is 0.385. The minimum atomic E-state index is -1.05. The lowest BCUT2D eigenvalue weighted by molar-refractivity contribution is 0.171. The van der Waals surface area contributed by atoms with E-state index in [-0.39, 0.29) is 12.1 Å². The zero-order valence-corrected chi connectivity index (χ0v) is 10.8. The minimum Gasteiger partial charge on any atom is -0.465 e. The van der Waals surface area contributed by atoms with E-state index >= 15 is 0 Å². The van der Waals surface area contributed by atoms with Crippen molar-refractivity contribution in [1.82, 2.24) is 10.2 Å². The van der Waals surface area contributed by atoms with Crippen molar-refractivity contribution in [3.05, 3.63) is 30.1 Å². The van der Waals surface area contributed by atoms with E-state index in [9.17, 15) is 14.0 Å². The van der Waals surface area contributed by atoms with Gasteiger partial charge in [0.15, 0.2) is 0 Å². The maximum absolute atomic E-state index is 13.0. The lowest BCUT2D eigenvalue weighted by Gasteiger charge is -2.31. The molecule has 1 aromatic carbocycles. The number of halogens is 1. The molecule has 7 heteroatoms. The molecule has 1 aliphatic rings. The normalized spacial score (nSPS) is 15.8. The second kappa shape index (κ2) is 6.23. The van der Waals surface area contributed by atoms with Crippen molar-refractivity contribution in [2.24, 2.45) is 0 Å². The first kappa shape index (κ1) is 14.1. The van der Waals surface area contributed by atoms with E-state index in [0.29, 0.717) is 31.6 Å². The molecular weight excluding hydrogens is 265 g/mol. The summed E-state index contributed by atoms with van der Waals surface area (Å²) in [6.45, 7) is 0.929. The molecule has 3 amide bonds. The van der Waals surface area contributed by atoms with Crippen molar-refractivity contribution >= 4 is 17.8 Å². The number of carbonyl (C=O) groups is 2. The standard InChI is InChI=1S/C13H16FN3O3/c14-9-2-1-3-11(8-9)15-12(18)17-6-4-10(5-7-17)16-13(19)20/h1-3,8,10,16H,4-7H2,(H,15,18)(H,19,20). The average Bonchev–Trinajstić information content (AvgIpc) is 2.38. The van der Waals surface area contributed by atoms with Gasteiger partial charge in [-0.3, -0.25) is 0 Å². The lowest BCUT2D eigenvalue weighted by atomic mass is 10.1. The molecule has 1 fully saturated rings. The molecular formula is C13H16FN3O3. The van der Waals surface area contributed by atoms with Crippen molar-refractivity contribution in [1.29, 1.82) is 0 Å². The predicted octanol–water partition coefficient (Wildman–Crippen LogP) is 2.09. The molecule has 3 N–H and O–H groups in total.